The number of rotatable bonds is 0. The topological polar surface area (TPSA) is 0 Å². The molecule has 0 atom stereocenters. The molecule has 54 valence electrons. The van der Waals surface area contributed by atoms with E-state index < -0.39 is 0 Å². The minimum Gasteiger partial charge on any atom is -0.150 e. The molecule has 0 fully saturated rings. The fraction of sp³-hybridized carbons (Fsp3) is 0.429. The van der Waals surface area contributed by atoms with E-state index in [1.54, 1.807) is 0 Å². The molecule has 1 aliphatic rings. The van der Waals surface area contributed by atoms with Crippen LogP contribution in [-0.4, -0.2) is 11.5 Å². The van der Waals surface area contributed by atoms with Crippen molar-refractivity contribution in [2.75, 3.05) is 11.5 Å². The third kappa shape index (κ3) is 1.36. The van der Waals surface area contributed by atoms with E-state index in [0.29, 0.717) is 0 Å². The summed E-state index contributed by atoms with van der Waals surface area (Å²) < 4.78 is 0. The van der Waals surface area contributed by atoms with Crippen LogP contribution >= 0.6 is 34.9 Å². The minimum absolute atomic E-state index is 1.30. The predicted molar refractivity (Wildman–Crippen MR) is 50.4 cm³/mol. The van der Waals surface area contributed by atoms with E-state index in [1.807, 2.05) is 34.9 Å². The predicted octanol–water partition coefficient (Wildman–Crippen LogP) is 3.34. The van der Waals surface area contributed by atoms with Crippen LogP contribution in [0.1, 0.15) is 6.42 Å². The van der Waals surface area contributed by atoms with Crippen LogP contribution in [0.5, 0.6) is 0 Å². The van der Waals surface area contributed by atoms with Crippen LogP contribution in [-0.2, 0) is 0 Å². The van der Waals surface area contributed by atoms with Gasteiger partial charge in [-0.15, -0.1) is 23.5 Å². The van der Waals surface area contributed by atoms with Crippen molar-refractivity contribution in [2.45, 2.75) is 16.2 Å². The third-order valence-electron chi connectivity index (χ3n) is 1.40. The Morgan fingerprint density at radius 1 is 1.00 bits per heavy atom. The van der Waals surface area contributed by atoms with Crippen LogP contribution in [0.25, 0.3) is 0 Å². The van der Waals surface area contributed by atoms with Crippen molar-refractivity contribution in [1.29, 1.82) is 0 Å². The second-order valence-electron chi connectivity index (χ2n) is 2.15. The van der Waals surface area contributed by atoms with E-state index in [4.69, 9.17) is 0 Å². The first kappa shape index (κ1) is 7.07. The number of thioether (sulfide) groups is 2. The first-order valence-corrected chi connectivity index (χ1v) is 6.20. The molecule has 0 aromatic carbocycles. The van der Waals surface area contributed by atoms with Gasteiger partial charge in [0.1, 0.15) is 0 Å². The molecule has 0 amide bonds. The Morgan fingerprint density at radius 3 is 2.20 bits per heavy atom. The average Bonchev–Trinajstić information content (AvgIpc) is 2.28. The molecule has 0 saturated carbocycles. The van der Waals surface area contributed by atoms with Gasteiger partial charge in [-0.25, -0.2) is 0 Å². The monoisotopic (exact) mass is 188 g/mol. The highest BCUT2D eigenvalue weighted by molar-refractivity contribution is 8.03. The van der Waals surface area contributed by atoms with Crippen molar-refractivity contribution in [3.63, 3.8) is 0 Å². The number of hydrogen-bond donors (Lipinski definition) is 0. The van der Waals surface area contributed by atoms with Gasteiger partial charge in [-0.1, -0.05) is 0 Å². The van der Waals surface area contributed by atoms with Crippen LogP contribution in [0.4, 0.5) is 0 Å². The van der Waals surface area contributed by atoms with Crippen molar-refractivity contribution in [2.24, 2.45) is 0 Å². The molecule has 1 aromatic heterocycles. The highest BCUT2D eigenvalue weighted by Gasteiger charge is 2.08. The molecule has 0 N–H and O–H groups in total. The molecule has 0 unspecified atom stereocenters. The Kier molecular flexibility index (Phi) is 2.26. The minimum atomic E-state index is 1.30. The summed E-state index contributed by atoms with van der Waals surface area (Å²) in [4.78, 5) is 3.01. The van der Waals surface area contributed by atoms with Crippen LogP contribution < -0.4 is 0 Å². The molecule has 1 aliphatic heterocycles. The second-order valence-corrected chi connectivity index (χ2v) is 5.17. The van der Waals surface area contributed by atoms with Crippen molar-refractivity contribution in [3.05, 3.63) is 10.8 Å². The zero-order chi connectivity index (χ0) is 6.81. The van der Waals surface area contributed by atoms with Gasteiger partial charge in [0, 0.05) is 20.6 Å². The molecule has 3 heteroatoms. The van der Waals surface area contributed by atoms with Gasteiger partial charge in [-0.3, -0.25) is 0 Å². The van der Waals surface area contributed by atoms with E-state index in [-0.39, 0.29) is 0 Å². The summed E-state index contributed by atoms with van der Waals surface area (Å²) in [5, 5.41) is 4.52. The first-order valence-electron chi connectivity index (χ1n) is 3.28. The van der Waals surface area contributed by atoms with E-state index in [9.17, 15) is 0 Å². The maximum Gasteiger partial charge on any atom is 0.0315 e. The molecule has 2 rings (SSSR count). The zero-order valence-corrected chi connectivity index (χ0v) is 7.95. The van der Waals surface area contributed by atoms with E-state index in [2.05, 4.69) is 10.8 Å². The Labute approximate surface area is 73.4 Å². The summed E-state index contributed by atoms with van der Waals surface area (Å²) in [6.45, 7) is 0. The maximum absolute atomic E-state index is 2.26. The van der Waals surface area contributed by atoms with Crippen molar-refractivity contribution < 1.29 is 0 Å². The first-order chi connectivity index (χ1) is 4.97. The van der Waals surface area contributed by atoms with Gasteiger partial charge in [-0.2, -0.15) is 11.3 Å². The van der Waals surface area contributed by atoms with Gasteiger partial charge in [0.15, 0.2) is 0 Å². The van der Waals surface area contributed by atoms with Gasteiger partial charge in [-0.05, 0) is 17.9 Å². The highest BCUT2D eigenvalue weighted by atomic mass is 32.2. The molecular formula is C7H8S3. The van der Waals surface area contributed by atoms with Gasteiger partial charge < -0.3 is 0 Å². The summed E-state index contributed by atoms with van der Waals surface area (Å²) in [5.74, 6) is 2.60. The summed E-state index contributed by atoms with van der Waals surface area (Å²) in [7, 11) is 0. The fourth-order valence-electron chi connectivity index (χ4n) is 0.907. The van der Waals surface area contributed by atoms with Crippen molar-refractivity contribution >= 4 is 34.9 Å². The average molecular weight is 188 g/mol. The molecule has 2 heterocycles. The molecule has 0 bridgehead atoms. The highest BCUT2D eigenvalue weighted by Crippen LogP contribution is 2.37. The standard InChI is InChI=1S/C7H8S3/c1-2-9-6-4-8-5-7(6)10-3-1/h4-5H,1-3H2. The van der Waals surface area contributed by atoms with Crippen LogP contribution in [0, 0.1) is 0 Å². The largest absolute Gasteiger partial charge is 0.150 e. The fourth-order valence-corrected chi connectivity index (χ4v) is 4.46. The molecular weight excluding hydrogens is 180 g/mol. The lowest BCUT2D eigenvalue weighted by atomic mass is 10.6. The zero-order valence-electron chi connectivity index (χ0n) is 5.50. The SMILES string of the molecule is c1scc2c1SCCCS2. The van der Waals surface area contributed by atoms with Crippen molar-refractivity contribution in [1.82, 2.24) is 0 Å². The van der Waals surface area contributed by atoms with Gasteiger partial charge in [0.25, 0.3) is 0 Å². The molecule has 0 saturated heterocycles. The van der Waals surface area contributed by atoms with E-state index >= 15 is 0 Å². The van der Waals surface area contributed by atoms with Crippen LogP contribution in [0.2, 0.25) is 0 Å². The lowest BCUT2D eigenvalue weighted by Gasteiger charge is -1.92. The lowest BCUT2D eigenvalue weighted by Crippen LogP contribution is -1.76. The quantitative estimate of drug-likeness (QED) is 0.612. The Bertz CT molecular complexity index is 196. The Hall–Kier alpha value is 0.400. The van der Waals surface area contributed by atoms with Gasteiger partial charge in [0.05, 0.1) is 0 Å². The van der Waals surface area contributed by atoms with Crippen LogP contribution in [0.3, 0.4) is 0 Å². The van der Waals surface area contributed by atoms with Gasteiger partial charge >= 0.3 is 0 Å². The Morgan fingerprint density at radius 2 is 1.60 bits per heavy atom. The second kappa shape index (κ2) is 3.20. The number of hydrogen-bond acceptors (Lipinski definition) is 3. The smallest absolute Gasteiger partial charge is 0.0315 e. The summed E-state index contributed by atoms with van der Waals surface area (Å²) in [6, 6.07) is 0. The third-order valence-corrected chi connectivity index (χ3v) is 4.85. The number of fused-ring (bicyclic) bond motifs is 1. The molecule has 0 aliphatic carbocycles. The van der Waals surface area contributed by atoms with E-state index in [1.165, 1.54) is 27.7 Å². The molecule has 1 aromatic rings. The van der Waals surface area contributed by atoms with Crippen LogP contribution in [0.15, 0.2) is 20.6 Å². The Balaban J connectivity index is 2.28. The molecule has 0 nitrogen and oxygen atoms in total. The summed E-state index contributed by atoms with van der Waals surface area (Å²) in [5.41, 5.74) is 0. The number of thiophene rings is 1. The maximum atomic E-state index is 2.26. The molecule has 10 heavy (non-hydrogen) atoms. The molecule has 0 radical (unpaired) electrons. The summed E-state index contributed by atoms with van der Waals surface area (Å²) >= 11 is 5.83. The lowest BCUT2D eigenvalue weighted by molar-refractivity contribution is 1.13. The van der Waals surface area contributed by atoms with Crippen molar-refractivity contribution in [3.8, 4) is 0 Å². The van der Waals surface area contributed by atoms with Gasteiger partial charge in [0.2, 0.25) is 0 Å². The molecule has 0 spiro atoms. The normalized spacial score (nSPS) is 18.0. The summed E-state index contributed by atoms with van der Waals surface area (Å²) in [6.07, 6.45) is 1.36. The van der Waals surface area contributed by atoms with E-state index in [0.717, 1.165) is 0 Å².